The van der Waals surface area contributed by atoms with Crippen LogP contribution in [0.5, 0.6) is 0 Å². The van der Waals surface area contributed by atoms with Crippen LogP contribution in [0.1, 0.15) is 13.8 Å². The fourth-order valence-electron chi connectivity index (χ4n) is 0.0913. The van der Waals surface area contributed by atoms with Crippen molar-refractivity contribution in [2.75, 3.05) is 20.3 Å². The number of aliphatic hydroxyl groups is 1. The van der Waals surface area contributed by atoms with Gasteiger partial charge in [-0.25, -0.2) is 0 Å². The molecule has 0 aromatic carbocycles. The predicted octanol–water partition coefficient (Wildman–Crippen LogP) is -2.86. The van der Waals surface area contributed by atoms with Crippen molar-refractivity contribution < 1.29 is 46.1 Å². The summed E-state index contributed by atoms with van der Waals surface area (Å²) in [5, 5.41) is 25.7. The molecule has 0 aliphatic heterocycles. The average molecular weight is 253 g/mol. The maximum absolute atomic E-state index is 8.89. The van der Waals surface area contributed by atoms with Crippen molar-refractivity contribution in [2.24, 2.45) is 0 Å². The largest absolute Gasteiger partial charge is 2.00 e. The Bertz CT molecular complexity index is 105. The molecule has 88 valence electrons. The van der Waals surface area contributed by atoms with Gasteiger partial charge in [-0.1, -0.05) is 0 Å². The third kappa shape index (κ3) is 664. The van der Waals surface area contributed by atoms with Crippen molar-refractivity contribution in [3.8, 4) is 0 Å². The van der Waals surface area contributed by atoms with Crippen molar-refractivity contribution in [1.82, 2.24) is 0 Å². The van der Waals surface area contributed by atoms with E-state index in [0.29, 0.717) is 6.61 Å². The van der Waals surface area contributed by atoms with Gasteiger partial charge in [-0.3, -0.25) is 0 Å². The van der Waals surface area contributed by atoms with Crippen molar-refractivity contribution in [3.63, 3.8) is 0 Å². The van der Waals surface area contributed by atoms with Gasteiger partial charge < -0.3 is 29.6 Å². The van der Waals surface area contributed by atoms with Crippen LogP contribution in [-0.4, -0.2) is 37.4 Å². The summed E-state index contributed by atoms with van der Waals surface area (Å²) >= 11 is 0. The Morgan fingerprint density at radius 2 is 1.43 bits per heavy atom. The molecule has 14 heavy (non-hydrogen) atoms. The number of carbonyl (C=O) groups excluding carboxylic acids is 2. The Kier molecular flexibility index (Phi) is 38.0. The molecule has 0 aliphatic rings. The Labute approximate surface area is 92.8 Å². The SMILES string of the molecule is CC(=O)[O-].CC(=O)[O-].COCCO.[Ni+2]. The molecular formula is C7H14NiO6. The van der Waals surface area contributed by atoms with Gasteiger partial charge in [0.05, 0.1) is 13.2 Å². The Hall–Kier alpha value is -0.646. The molecule has 0 amide bonds. The van der Waals surface area contributed by atoms with Crippen LogP contribution < -0.4 is 10.2 Å². The number of hydrogen-bond donors (Lipinski definition) is 1. The Balaban J connectivity index is -0.0000000522. The van der Waals surface area contributed by atoms with Gasteiger partial charge >= 0.3 is 16.5 Å². The number of methoxy groups -OCH3 is 1. The van der Waals surface area contributed by atoms with Gasteiger partial charge in [0, 0.05) is 19.0 Å². The summed E-state index contributed by atoms with van der Waals surface area (Å²) in [6, 6.07) is 0. The number of carbonyl (C=O) groups is 2. The quantitative estimate of drug-likeness (QED) is 0.530. The summed E-state index contributed by atoms with van der Waals surface area (Å²) in [6.45, 7) is 2.51. The summed E-state index contributed by atoms with van der Waals surface area (Å²) in [5.41, 5.74) is 0. The van der Waals surface area contributed by atoms with E-state index in [4.69, 9.17) is 24.9 Å². The molecule has 0 fully saturated rings. The van der Waals surface area contributed by atoms with Crippen molar-refractivity contribution in [2.45, 2.75) is 13.8 Å². The van der Waals surface area contributed by atoms with Crippen molar-refractivity contribution >= 4 is 11.9 Å². The molecule has 0 saturated heterocycles. The van der Waals surface area contributed by atoms with E-state index in [1.165, 1.54) is 0 Å². The number of aliphatic carboxylic acids is 2. The maximum atomic E-state index is 8.89. The standard InChI is InChI=1S/C3H8O2.2C2H4O2.Ni/c1-5-3-2-4;2*1-2(3)4;/h4H,2-3H2,1H3;2*1H3,(H,3,4);/q;;;+2/p-2. The number of rotatable bonds is 2. The number of hydrogen-bond acceptors (Lipinski definition) is 6. The van der Waals surface area contributed by atoms with Gasteiger partial charge in [-0.15, -0.1) is 0 Å². The van der Waals surface area contributed by atoms with Gasteiger partial charge in [0.15, 0.2) is 0 Å². The minimum Gasteiger partial charge on any atom is -0.550 e. The minimum absolute atomic E-state index is 0. The monoisotopic (exact) mass is 252 g/mol. The second-order valence-corrected chi connectivity index (χ2v) is 1.70. The van der Waals surface area contributed by atoms with E-state index >= 15 is 0 Å². The molecule has 0 radical (unpaired) electrons. The summed E-state index contributed by atoms with van der Waals surface area (Å²) in [4.78, 5) is 17.8. The normalized spacial score (nSPS) is 6.57. The molecule has 0 unspecified atom stereocenters. The summed E-state index contributed by atoms with van der Waals surface area (Å²) < 4.78 is 4.44. The molecule has 1 N–H and O–H groups in total. The van der Waals surface area contributed by atoms with Crippen LogP contribution in [0.4, 0.5) is 0 Å². The fourth-order valence-corrected chi connectivity index (χ4v) is 0.0913. The van der Waals surface area contributed by atoms with Crippen LogP contribution in [0, 0.1) is 0 Å². The summed E-state index contributed by atoms with van der Waals surface area (Å²) in [5.74, 6) is -2.17. The van der Waals surface area contributed by atoms with Crippen molar-refractivity contribution in [1.29, 1.82) is 0 Å². The molecule has 0 aromatic heterocycles. The molecule has 7 heteroatoms. The number of ether oxygens (including phenoxy) is 1. The van der Waals surface area contributed by atoms with Crippen LogP contribution in [-0.2, 0) is 30.8 Å². The van der Waals surface area contributed by atoms with E-state index in [2.05, 4.69) is 4.74 Å². The van der Waals surface area contributed by atoms with Crippen LogP contribution in [0.25, 0.3) is 0 Å². The zero-order valence-electron chi connectivity index (χ0n) is 8.22. The summed E-state index contributed by atoms with van der Waals surface area (Å²) in [7, 11) is 1.55. The molecule has 0 heterocycles. The molecule has 0 bridgehead atoms. The number of aliphatic hydroxyl groups excluding tert-OH is 1. The van der Waals surface area contributed by atoms with Crippen molar-refractivity contribution in [3.05, 3.63) is 0 Å². The van der Waals surface area contributed by atoms with E-state index in [1.807, 2.05) is 0 Å². The van der Waals surface area contributed by atoms with Gasteiger partial charge in [0.2, 0.25) is 0 Å². The van der Waals surface area contributed by atoms with Crippen LogP contribution in [0.3, 0.4) is 0 Å². The van der Waals surface area contributed by atoms with Crippen LogP contribution in [0.2, 0.25) is 0 Å². The first kappa shape index (κ1) is 23.3. The Morgan fingerprint density at radius 1 is 1.21 bits per heavy atom. The molecule has 6 nitrogen and oxygen atoms in total. The first-order valence-electron chi connectivity index (χ1n) is 3.33. The third-order valence-corrected chi connectivity index (χ3v) is 0.295. The smallest absolute Gasteiger partial charge is 0.550 e. The number of carboxylic acid groups (broad SMARTS) is 2. The zero-order valence-corrected chi connectivity index (χ0v) is 9.21. The minimum atomic E-state index is -1.08. The second-order valence-electron chi connectivity index (χ2n) is 1.70. The Morgan fingerprint density at radius 3 is 1.43 bits per heavy atom. The van der Waals surface area contributed by atoms with Gasteiger partial charge in [-0.2, -0.15) is 0 Å². The molecule has 0 aliphatic carbocycles. The topological polar surface area (TPSA) is 110 Å². The molecule has 0 spiro atoms. The zero-order chi connectivity index (χ0) is 11.3. The summed E-state index contributed by atoms with van der Waals surface area (Å²) in [6.07, 6.45) is 0. The van der Waals surface area contributed by atoms with E-state index in [0.717, 1.165) is 13.8 Å². The fraction of sp³-hybridized carbons (Fsp3) is 0.714. The van der Waals surface area contributed by atoms with E-state index < -0.39 is 11.9 Å². The first-order chi connectivity index (χ1) is 5.88. The van der Waals surface area contributed by atoms with Gasteiger partial charge in [-0.05, 0) is 13.8 Å². The van der Waals surface area contributed by atoms with Crippen LogP contribution in [0.15, 0.2) is 0 Å². The van der Waals surface area contributed by atoms with E-state index in [9.17, 15) is 0 Å². The maximum Gasteiger partial charge on any atom is 2.00 e. The van der Waals surface area contributed by atoms with Crippen LogP contribution >= 0.6 is 0 Å². The third-order valence-electron chi connectivity index (χ3n) is 0.295. The van der Waals surface area contributed by atoms with E-state index in [1.54, 1.807) is 7.11 Å². The van der Waals surface area contributed by atoms with Gasteiger partial charge in [0.1, 0.15) is 0 Å². The molecular weight excluding hydrogens is 239 g/mol. The average Bonchev–Trinajstić information content (AvgIpc) is 1.86. The predicted molar refractivity (Wildman–Crippen MR) is 40.3 cm³/mol. The molecule has 0 saturated carbocycles. The molecule has 0 atom stereocenters. The molecule has 0 rings (SSSR count). The first-order valence-corrected chi connectivity index (χ1v) is 3.33. The molecule has 0 aromatic rings. The van der Waals surface area contributed by atoms with E-state index in [-0.39, 0.29) is 23.1 Å². The van der Waals surface area contributed by atoms with Gasteiger partial charge in [0.25, 0.3) is 0 Å². The second kappa shape index (κ2) is 22.8. The number of carboxylic acids is 2.